The Balaban J connectivity index is 1.02. The smallest absolute Gasteiger partial charge is 0.337 e. The van der Waals surface area contributed by atoms with E-state index in [9.17, 15) is 14.7 Å². The average Bonchev–Trinajstić information content (AvgIpc) is 3.28. The van der Waals surface area contributed by atoms with Crippen molar-refractivity contribution in [2.75, 3.05) is 63.0 Å². The fraction of sp³-hybridized carbons (Fsp3) is 0.444. The molecule has 0 aromatic heterocycles. The highest BCUT2D eigenvalue weighted by Gasteiger charge is 2.48. The van der Waals surface area contributed by atoms with Crippen molar-refractivity contribution in [3.63, 3.8) is 0 Å². The number of methoxy groups -OCH3 is 1. The van der Waals surface area contributed by atoms with Gasteiger partial charge in [0.1, 0.15) is 11.6 Å². The summed E-state index contributed by atoms with van der Waals surface area (Å²) in [6, 6.07) is 11.7. The Labute approximate surface area is 293 Å². The predicted octanol–water partition coefficient (Wildman–Crippen LogP) is 5.77. The molecule has 0 aliphatic carbocycles. The maximum absolute atomic E-state index is 15.7. The van der Waals surface area contributed by atoms with Crippen LogP contribution in [0.25, 0.3) is 11.1 Å². The number of amides is 1. The van der Waals surface area contributed by atoms with E-state index in [1.54, 1.807) is 37.4 Å². The van der Waals surface area contributed by atoms with Crippen molar-refractivity contribution in [2.24, 2.45) is 0 Å². The number of likely N-dealkylation sites (tertiary alicyclic amines) is 1. The largest absolute Gasteiger partial charge is 0.478 e. The third-order valence-corrected chi connectivity index (χ3v) is 11.4. The first-order valence-electron chi connectivity index (χ1n) is 16.5. The van der Waals surface area contributed by atoms with Crippen LogP contribution >= 0.6 is 23.2 Å². The topological polar surface area (TPSA) is 95.0 Å². The molecular formula is C36H37Cl2FN4O6. The number of rotatable bonds is 7. The first kappa shape index (κ1) is 32.6. The Morgan fingerprint density at radius 3 is 2.37 bits per heavy atom. The van der Waals surface area contributed by atoms with E-state index in [-0.39, 0.29) is 69.6 Å². The van der Waals surface area contributed by atoms with Crippen molar-refractivity contribution >= 4 is 46.5 Å². The molecule has 1 N–H and O–H groups in total. The molecule has 10 nitrogen and oxygen atoms in total. The fourth-order valence-corrected chi connectivity index (χ4v) is 8.72. The van der Waals surface area contributed by atoms with E-state index in [4.69, 9.17) is 37.4 Å². The number of aromatic carboxylic acids is 1. The number of carbonyl (C=O) groups excluding carboxylic acids is 1. The van der Waals surface area contributed by atoms with Gasteiger partial charge in [-0.05, 0) is 44.0 Å². The summed E-state index contributed by atoms with van der Waals surface area (Å²) in [4.78, 5) is 34.3. The number of hydrogen-bond donors (Lipinski definition) is 1. The van der Waals surface area contributed by atoms with E-state index in [1.807, 2.05) is 6.07 Å². The normalized spacial score (nSPS) is 23.1. The summed E-state index contributed by atoms with van der Waals surface area (Å²) in [6.45, 7) is 6.79. The van der Waals surface area contributed by atoms with Crippen molar-refractivity contribution < 1.29 is 33.3 Å². The van der Waals surface area contributed by atoms with Gasteiger partial charge in [-0.15, -0.1) is 0 Å². The number of benzene rings is 3. The van der Waals surface area contributed by atoms with Crippen molar-refractivity contribution in [1.29, 1.82) is 0 Å². The molecular weight excluding hydrogens is 674 g/mol. The minimum Gasteiger partial charge on any atom is -0.478 e. The summed E-state index contributed by atoms with van der Waals surface area (Å²) in [6.07, 6.45) is 2.05. The molecule has 0 saturated carbocycles. The molecule has 8 rings (SSSR count). The van der Waals surface area contributed by atoms with Gasteiger partial charge in [0.2, 0.25) is 0 Å². The highest BCUT2D eigenvalue weighted by atomic mass is 35.5. The quantitative estimate of drug-likeness (QED) is 0.328. The lowest BCUT2D eigenvalue weighted by Gasteiger charge is -2.59. The Morgan fingerprint density at radius 1 is 1.02 bits per heavy atom. The third-order valence-electron chi connectivity index (χ3n) is 10.8. The number of halogens is 3. The Bertz CT molecular complexity index is 1810. The third kappa shape index (κ3) is 5.50. The van der Waals surface area contributed by atoms with Gasteiger partial charge in [-0.25, -0.2) is 9.18 Å². The molecule has 4 saturated heterocycles. The molecule has 5 aliphatic heterocycles. The first-order valence-corrected chi connectivity index (χ1v) is 17.3. The number of carboxylic acid groups (broad SMARTS) is 1. The average molecular weight is 712 g/mol. The number of carbonyl (C=O) groups is 2. The molecule has 5 aliphatic rings. The molecule has 1 amide bonds. The van der Waals surface area contributed by atoms with Crippen LogP contribution < -0.4 is 14.5 Å². The summed E-state index contributed by atoms with van der Waals surface area (Å²) in [5.74, 6) is -1.79. The predicted molar refractivity (Wildman–Crippen MR) is 184 cm³/mol. The highest BCUT2D eigenvalue weighted by molar-refractivity contribution is 6.40. The van der Waals surface area contributed by atoms with E-state index in [2.05, 4.69) is 21.6 Å². The zero-order chi connectivity index (χ0) is 34.2. The second-order valence-corrected chi connectivity index (χ2v) is 14.8. The van der Waals surface area contributed by atoms with Gasteiger partial charge in [0.05, 0.1) is 70.3 Å². The minimum atomic E-state index is -1.19. The zero-order valence-electron chi connectivity index (χ0n) is 27.3. The maximum Gasteiger partial charge on any atom is 0.337 e. The first-order chi connectivity index (χ1) is 23.5. The molecule has 3 aromatic rings. The molecule has 4 fully saturated rings. The second kappa shape index (κ2) is 12.3. The van der Waals surface area contributed by atoms with E-state index < -0.39 is 11.8 Å². The molecule has 258 valence electrons. The minimum absolute atomic E-state index is 0.0315. The van der Waals surface area contributed by atoms with Gasteiger partial charge in [-0.1, -0.05) is 41.4 Å². The van der Waals surface area contributed by atoms with Crippen LogP contribution in [0, 0.1) is 5.82 Å². The summed E-state index contributed by atoms with van der Waals surface area (Å²) in [5, 5.41) is 10.5. The van der Waals surface area contributed by atoms with Gasteiger partial charge in [0.15, 0.2) is 6.73 Å². The fourth-order valence-electron chi connectivity index (χ4n) is 8.08. The van der Waals surface area contributed by atoms with Crippen LogP contribution in [0.2, 0.25) is 10.0 Å². The summed E-state index contributed by atoms with van der Waals surface area (Å²) < 4.78 is 33.0. The summed E-state index contributed by atoms with van der Waals surface area (Å²) in [7, 11) is 1.74. The molecule has 5 heterocycles. The highest BCUT2D eigenvalue weighted by Crippen LogP contribution is 2.44. The van der Waals surface area contributed by atoms with E-state index in [0.717, 1.165) is 50.8 Å². The second-order valence-electron chi connectivity index (χ2n) is 14.0. The van der Waals surface area contributed by atoms with Crippen LogP contribution in [0.4, 0.5) is 15.8 Å². The zero-order valence-corrected chi connectivity index (χ0v) is 28.8. The number of ether oxygens (including phenoxy) is 3. The van der Waals surface area contributed by atoms with Crippen molar-refractivity contribution in [3.05, 3.63) is 75.0 Å². The number of morpholine rings is 1. The SMILES string of the molecule is COC1CN(C2(C)CN(c3cc(Cl)c(C(=O)N4COc5c(cccc5-c5cc(N6C7CCC6COC7)c(C(=O)O)cc5F)C4)c(Cl)c3)C2)C1. The molecule has 2 unspecified atom stereocenters. The van der Waals surface area contributed by atoms with Crippen LogP contribution in [-0.2, 0) is 16.0 Å². The Morgan fingerprint density at radius 2 is 1.71 bits per heavy atom. The van der Waals surface area contributed by atoms with Gasteiger partial charge in [0.25, 0.3) is 5.91 Å². The van der Waals surface area contributed by atoms with Gasteiger partial charge in [-0.2, -0.15) is 0 Å². The molecule has 13 heteroatoms. The Hall–Kier alpha value is -3.61. The standard InChI is InChI=1S/C36H37Cl2FN4O6/c1-36(42-13-24(14-42)47-2)17-41(18-36)23-8-28(37)32(29(38)9-23)34(44)40-12-20-4-3-5-25(33(20)49-19-40)26-11-31(27(35(45)46)10-30(26)39)43-21-6-7-22(43)16-48-15-21/h3-5,8-11,21-22,24H,6-7,12-19H2,1-2H3,(H,45,46). The monoisotopic (exact) mass is 710 g/mol. The summed E-state index contributed by atoms with van der Waals surface area (Å²) >= 11 is 13.4. The van der Waals surface area contributed by atoms with Crippen LogP contribution in [0.1, 0.15) is 46.0 Å². The number of carboxylic acids is 1. The van der Waals surface area contributed by atoms with Crippen molar-refractivity contribution in [1.82, 2.24) is 9.80 Å². The molecule has 3 aromatic carbocycles. The van der Waals surface area contributed by atoms with Gasteiger partial charge < -0.3 is 34.0 Å². The van der Waals surface area contributed by atoms with Crippen molar-refractivity contribution in [2.45, 2.75) is 50.0 Å². The van der Waals surface area contributed by atoms with Gasteiger partial charge in [0, 0.05) is 55.7 Å². The van der Waals surface area contributed by atoms with E-state index in [1.165, 1.54) is 4.90 Å². The molecule has 0 spiro atoms. The van der Waals surface area contributed by atoms with Crippen molar-refractivity contribution in [3.8, 4) is 16.9 Å². The molecule has 2 atom stereocenters. The maximum atomic E-state index is 15.7. The molecule has 0 radical (unpaired) electrons. The van der Waals surface area contributed by atoms with Gasteiger partial charge in [-0.3, -0.25) is 9.69 Å². The summed E-state index contributed by atoms with van der Waals surface area (Å²) in [5.41, 5.74) is 2.89. The van der Waals surface area contributed by atoms with E-state index >= 15 is 4.39 Å². The number of para-hydroxylation sites is 1. The Kier molecular flexibility index (Phi) is 8.19. The lowest BCUT2D eigenvalue weighted by molar-refractivity contribution is -0.0887. The molecule has 2 bridgehead atoms. The molecule has 49 heavy (non-hydrogen) atoms. The van der Waals surface area contributed by atoms with Crippen LogP contribution in [-0.4, -0.2) is 104 Å². The number of hydrogen-bond acceptors (Lipinski definition) is 8. The van der Waals surface area contributed by atoms with Crippen LogP contribution in [0.5, 0.6) is 5.75 Å². The number of anilines is 2. The van der Waals surface area contributed by atoms with Crippen LogP contribution in [0.15, 0.2) is 42.5 Å². The lowest BCUT2D eigenvalue weighted by atomic mass is 9.86. The van der Waals surface area contributed by atoms with Crippen LogP contribution in [0.3, 0.4) is 0 Å². The number of nitrogens with zero attached hydrogens (tertiary/aromatic N) is 4. The van der Waals surface area contributed by atoms with Gasteiger partial charge >= 0.3 is 5.97 Å². The van der Waals surface area contributed by atoms with E-state index in [0.29, 0.717) is 35.8 Å². The number of fused-ring (bicyclic) bond motifs is 3. The lowest BCUT2D eigenvalue weighted by Crippen LogP contribution is -2.74.